The summed E-state index contributed by atoms with van der Waals surface area (Å²) in [6.07, 6.45) is 5.99. The van der Waals surface area contributed by atoms with Crippen LogP contribution in [-0.2, 0) is 19.1 Å². The Morgan fingerprint density at radius 1 is 0.643 bits per heavy atom. The lowest BCUT2D eigenvalue weighted by atomic mass is 10.0. The van der Waals surface area contributed by atoms with E-state index in [9.17, 15) is 9.59 Å². The lowest BCUT2D eigenvalue weighted by Crippen LogP contribution is -2.10. The molecule has 144 valence electrons. The van der Waals surface area contributed by atoms with E-state index in [2.05, 4.69) is 0 Å². The van der Waals surface area contributed by atoms with Gasteiger partial charge in [0.25, 0.3) is 0 Å². The van der Waals surface area contributed by atoms with Gasteiger partial charge in [-0.25, -0.2) is 0 Å². The Bertz CT molecular complexity index is 805. The first-order chi connectivity index (χ1) is 13.5. The Kier molecular flexibility index (Phi) is 6.11. The highest BCUT2D eigenvalue weighted by Crippen LogP contribution is 2.27. The van der Waals surface area contributed by atoms with E-state index in [0.29, 0.717) is 12.8 Å². The Hall–Kier alpha value is -3.54. The first-order valence-electron chi connectivity index (χ1n) is 8.79. The lowest BCUT2D eigenvalue weighted by molar-refractivity contribution is -0.119. The van der Waals surface area contributed by atoms with E-state index < -0.39 is 0 Å². The van der Waals surface area contributed by atoms with Gasteiger partial charge in [0.15, 0.2) is 11.6 Å². The van der Waals surface area contributed by atoms with Crippen molar-refractivity contribution in [3.63, 3.8) is 0 Å². The maximum Gasteiger partial charge on any atom is 0.162 e. The van der Waals surface area contributed by atoms with Gasteiger partial charge in [-0.2, -0.15) is 0 Å². The van der Waals surface area contributed by atoms with Gasteiger partial charge in [0.05, 0.1) is 25.4 Å². The van der Waals surface area contributed by atoms with Gasteiger partial charge < -0.3 is 19.7 Å². The second kappa shape index (κ2) is 8.90. The summed E-state index contributed by atoms with van der Waals surface area (Å²) in [6.45, 7) is 0. The number of ketones is 2. The third-order valence-corrected chi connectivity index (χ3v) is 4.30. The summed E-state index contributed by atoms with van der Waals surface area (Å²) >= 11 is 0. The molecule has 0 spiro atoms. The summed E-state index contributed by atoms with van der Waals surface area (Å²) in [7, 11) is 0. The van der Waals surface area contributed by atoms with Crippen LogP contribution in [-0.4, -0.2) is 21.8 Å². The predicted octanol–water partition coefficient (Wildman–Crippen LogP) is 3.87. The molecule has 0 aromatic heterocycles. The van der Waals surface area contributed by atoms with Crippen LogP contribution in [0, 0.1) is 0 Å². The van der Waals surface area contributed by atoms with Crippen LogP contribution in [0.15, 0.2) is 73.2 Å². The summed E-state index contributed by atoms with van der Waals surface area (Å²) < 4.78 is 10.6. The number of ether oxygens (including phenoxy) is 2. The quantitative estimate of drug-likeness (QED) is 0.821. The van der Waals surface area contributed by atoms with E-state index in [1.54, 1.807) is 48.5 Å². The average Bonchev–Trinajstić information content (AvgIpc) is 2.70. The van der Waals surface area contributed by atoms with Crippen LogP contribution in [0.1, 0.15) is 36.2 Å². The normalized spacial score (nSPS) is 20.6. The fraction of sp³-hybridized carbons (Fsp3) is 0.182. The van der Waals surface area contributed by atoms with E-state index in [1.165, 1.54) is 24.7 Å². The van der Waals surface area contributed by atoms with Crippen molar-refractivity contribution < 1.29 is 29.3 Å². The number of benzene rings is 2. The molecule has 6 nitrogen and oxygen atoms in total. The van der Waals surface area contributed by atoms with Crippen molar-refractivity contribution in [2.45, 2.75) is 25.0 Å². The molecule has 0 radical (unpaired) electrons. The van der Waals surface area contributed by atoms with Crippen molar-refractivity contribution in [1.29, 1.82) is 0 Å². The zero-order valence-electron chi connectivity index (χ0n) is 15.0. The van der Waals surface area contributed by atoms with Crippen LogP contribution in [0.25, 0.3) is 0 Å². The Morgan fingerprint density at radius 2 is 1.00 bits per heavy atom. The van der Waals surface area contributed by atoms with Gasteiger partial charge in [-0.1, -0.05) is 24.3 Å². The fourth-order valence-corrected chi connectivity index (χ4v) is 2.79. The molecule has 28 heavy (non-hydrogen) atoms. The topological polar surface area (TPSA) is 93.1 Å². The maximum absolute atomic E-state index is 11.1. The Labute approximate surface area is 162 Å². The minimum atomic E-state index is -0.215. The molecule has 0 saturated heterocycles. The third kappa shape index (κ3) is 5.23. The van der Waals surface area contributed by atoms with Crippen molar-refractivity contribution >= 4 is 11.6 Å². The zero-order valence-corrected chi connectivity index (χ0v) is 15.0. The minimum absolute atomic E-state index is 0.0642. The number of allylic oxidation sites excluding steroid dienone is 2. The SMILES string of the molecule is O=C1C=COC(c2ccc(O)cc2)C1.O=C1C=COC(c2ccc(O)cc2)C1. The number of hydrogen-bond donors (Lipinski definition) is 2. The second-order valence-electron chi connectivity index (χ2n) is 6.38. The van der Waals surface area contributed by atoms with Gasteiger partial charge in [0.1, 0.15) is 23.7 Å². The molecule has 0 aliphatic carbocycles. The highest BCUT2D eigenvalue weighted by Gasteiger charge is 2.19. The highest BCUT2D eigenvalue weighted by molar-refractivity contribution is 5.90. The first-order valence-corrected chi connectivity index (χ1v) is 8.79. The van der Waals surface area contributed by atoms with Gasteiger partial charge >= 0.3 is 0 Å². The molecular weight excluding hydrogens is 360 g/mol. The molecule has 0 amide bonds. The van der Waals surface area contributed by atoms with Crippen molar-refractivity contribution in [3.05, 3.63) is 84.3 Å². The first kappa shape index (κ1) is 19.2. The second-order valence-corrected chi connectivity index (χ2v) is 6.38. The van der Waals surface area contributed by atoms with Crippen LogP contribution in [0.4, 0.5) is 0 Å². The van der Waals surface area contributed by atoms with Gasteiger partial charge in [-0.3, -0.25) is 9.59 Å². The number of phenols is 2. The summed E-state index contributed by atoms with van der Waals surface area (Å²) in [5, 5.41) is 18.2. The third-order valence-electron chi connectivity index (χ3n) is 4.30. The van der Waals surface area contributed by atoms with Crippen molar-refractivity contribution in [2.24, 2.45) is 0 Å². The lowest BCUT2D eigenvalue weighted by Gasteiger charge is -2.18. The summed E-state index contributed by atoms with van der Waals surface area (Å²) in [5.41, 5.74) is 1.81. The molecule has 0 fully saturated rings. The molecule has 0 bridgehead atoms. The molecule has 2 aromatic rings. The number of phenolic OH excluding ortho intramolecular Hbond substituents is 2. The van der Waals surface area contributed by atoms with Crippen LogP contribution < -0.4 is 0 Å². The predicted molar refractivity (Wildman–Crippen MR) is 101 cm³/mol. The van der Waals surface area contributed by atoms with Crippen molar-refractivity contribution in [3.8, 4) is 11.5 Å². The largest absolute Gasteiger partial charge is 0.508 e. The van der Waals surface area contributed by atoms with Gasteiger partial charge in [-0.15, -0.1) is 0 Å². The minimum Gasteiger partial charge on any atom is -0.508 e. The molecule has 0 saturated carbocycles. The van der Waals surface area contributed by atoms with E-state index >= 15 is 0 Å². The highest BCUT2D eigenvalue weighted by atomic mass is 16.5. The molecule has 2 aliphatic rings. The Morgan fingerprint density at radius 3 is 1.32 bits per heavy atom. The van der Waals surface area contributed by atoms with Gasteiger partial charge in [-0.05, 0) is 35.4 Å². The summed E-state index contributed by atoms with van der Waals surface area (Å²) in [4.78, 5) is 22.2. The van der Waals surface area contributed by atoms with Crippen LogP contribution in [0.5, 0.6) is 11.5 Å². The zero-order chi connectivity index (χ0) is 19.9. The van der Waals surface area contributed by atoms with Crippen LogP contribution in [0.3, 0.4) is 0 Å². The van der Waals surface area contributed by atoms with E-state index in [4.69, 9.17) is 19.7 Å². The number of hydrogen-bond acceptors (Lipinski definition) is 6. The average molecular weight is 380 g/mol. The molecule has 6 heteroatoms. The number of aromatic hydroxyl groups is 2. The van der Waals surface area contributed by atoms with Crippen LogP contribution >= 0.6 is 0 Å². The van der Waals surface area contributed by atoms with Crippen molar-refractivity contribution in [1.82, 2.24) is 0 Å². The fourth-order valence-electron chi connectivity index (χ4n) is 2.79. The summed E-state index contributed by atoms with van der Waals surface area (Å²) in [5.74, 6) is 0.557. The molecular formula is C22H20O6. The van der Waals surface area contributed by atoms with Crippen molar-refractivity contribution in [2.75, 3.05) is 0 Å². The standard InChI is InChI=1S/2C11H10O3/c2*12-9-3-1-8(2-4-9)11-7-10(13)5-6-14-11/h2*1-6,11-12H,7H2. The molecule has 2 N–H and O–H groups in total. The van der Waals surface area contributed by atoms with Crippen LogP contribution in [0.2, 0.25) is 0 Å². The number of carbonyl (C=O) groups excluding carboxylic acids is 2. The molecule has 4 rings (SSSR count). The molecule has 2 atom stereocenters. The van der Waals surface area contributed by atoms with E-state index in [1.807, 2.05) is 0 Å². The van der Waals surface area contributed by atoms with E-state index in [0.717, 1.165) is 11.1 Å². The monoisotopic (exact) mass is 380 g/mol. The maximum atomic E-state index is 11.1. The van der Waals surface area contributed by atoms with E-state index in [-0.39, 0.29) is 35.3 Å². The van der Waals surface area contributed by atoms with Gasteiger partial charge in [0.2, 0.25) is 0 Å². The number of rotatable bonds is 2. The number of carbonyl (C=O) groups is 2. The molecule has 2 aliphatic heterocycles. The molecule has 2 unspecified atom stereocenters. The molecule has 2 aromatic carbocycles. The Balaban J connectivity index is 0.000000161. The smallest absolute Gasteiger partial charge is 0.162 e. The van der Waals surface area contributed by atoms with Gasteiger partial charge in [0, 0.05) is 12.2 Å². The summed E-state index contributed by atoms with van der Waals surface area (Å²) in [6, 6.07) is 13.4. The molecule has 2 heterocycles.